The summed E-state index contributed by atoms with van der Waals surface area (Å²) >= 11 is 7.67. The van der Waals surface area contributed by atoms with Crippen LogP contribution in [0.25, 0.3) is 0 Å². The van der Waals surface area contributed by atoms with Gasteiger partial charge in [-0.1, -0.05) is 59.6 Å². The summed E-state index contributed by atoms with van der Waals surface area (Å²) in [5.41, 5.74) is 3.40. The average molecular weight is 334 g/mol. The van der Waals surface area contributed by atoms with E-state index >= 15 is 0 Å². The van der Waals surface area contributed by atoms with Crippen molar-refractivity contribution in [2.45, 2.75) is 25.6 Å². The average Bonchev–Trinajstić information content (AvgIpc) is 2.50. The van der Waals surface area contributed by atoms with E-state index in [0.29, 0.717) is 5.75 Å². The Bertz CT molecular complexity index is 627. The number of nitrogens with one attached hydrogen (secondary N) is 1. The third kappa shape index (κ3) is 5.08. The first-order valence-electron chi connectivity index (χ1n) is 7.23. The molecule has 2 aromatic rings. The summed E-state index contributed by atoms with van der Waals surface area (Å²) < 4.78 is 0. The normalized spacial score (nSPS) is 12.0. The summed E-state index contributed by atoms with van der Waals surface area (Å²) in [5, 5.41) is 3.78. The van der Waals surface area contributed by atoms with E-state index in [9.17, 15) is 4.79 Å². The summed E-state index contributed by atoms with van der Waals surface area (Å²) in [6, 6.07) is 16.0. The van der Waals surface area contributed by atoms with Crippen LogP contribution in [0.3, 0.4) is 0 Å². The molecule has 1 N–H and O–H groups in total. The van der Waals surface area contributed by atoms with Gasteiger partial charge in [-0.3, -0.25) is 4.79 Å². The maximum absolute atomic E-state index is 12.0. The van der Waals surface area contributed by atoms with E-state index in [-0.39, 0.29) is 11.9 Å². The third-order valence-electron chi connectivity index (χ3n) is 3.40. The van der Waals surface area contributed by atoms with Gasteiger partial charge >= 0.3 is 0 Å². The molecule has 0 unspecified atom stereocenters. The number of amides is 1. The molecule has 4 heteroatoms. The first kappa shape index (κ1) is 16.9. The van der Waals surface area contributed by atoms with Crippen LogP contribution in [-0.2, 0) is 10.5 Å². The van der Waals surface area contributed by atoms with E-state index in [1.54, 1.807) is 11.8 Å². The minimum atomic E-state index is 0.0222. The molecule has 0 spiro atoms. The van der Waals surface area contributed by atoms with Crippen molar-refractivity contribution in [1.82, 2.24) is 5.32 Å². The van der Waals surface area contributed by atoms with Gasteiger partial charge in [0.15, 0.2) is 0 Å². The molecular formula is C18H20ClNOS. The second kappa shape index (κ2) is 8.25. The van der Waals surface area contributed by atoms with E-state index in [4.69, 9.17) is 11.6 Å². The Morgan fingerprint density at radius 3 is 2.55 bits per heavy atom. The Hall–Kier alpha value is -1.45. The molecule has 0 aliphatic rings. The number of hydrogen-bond donors (Lipinski definition) is 1. The van der Waals surface area contributed by atoms with E-state index in [2.05, 4.69) is 36.5 Å². The van der Waals surface area contributed by atoms with Gasteiger partial charge in [0.05, 0.1) is 11.8 Å². The summed E-state index contributed by atoms with van der Waals surface area (Å²) in [5.74, 6) is 1.22. The van der Waals surface area contributed by atoms with Gasteiger partial charge in [-0.25, -0.2) is 0 Å². The fourth-order valence-corrected chi connectivity index (χ4v) is 3.21. The summed E-state index contributed by atoms with van der Waals surface area (Å²) in [6.07, 6.45) is 0. The van der Waals surface area contributed by atoms with Crippen molar-refractivity contribution in [2.75, 3.05) is 5.75 Å². The van der Waals surface area contributed by atoms with Gasteiger partial charge in [-0.2, -0.15) is 0 Å². The van der Waals surface area contributed by atoms with E-state index in [1.165, 1.54) is 5.56 Å². The number of hydrogen-bond acceptors (Lipinski definition) is 2. The number of carbonyl (C=O) groups excluding carboxylic acids is 1. The molecule has 0 fully saturated rings. The molecule has 0 aliphatic heterocycles. The van der Waals surface area contributed by atoms with E-state index in [1.807, 2.05) is 31.2 Å². The molecule has 2 rings (SSSR count). The molecule has 1 amide bonds. The molecule has 0 bridgehead atoms. The van der Waals surface area contributed by atoms with Crippen molar-refractivity contribution in [3.8, 4) is 0 Å². The molecule has 116 valence electrons. The van der Waals surface area contributed by atoms with Gasteiger partial charge in [0.1, 0.15) is 0 Å². The maximum atomic E-state index is 12.0. The van der Waals surface area contributed by atoms with Crippen LogP contribution >= 0.6 is 23.4 Å². The zero-order valence-electron chi connectivity index (χ0n) is 12.8. The molecule has 2 aromatic carbocycles. The van der Waals surface area contributed by atoms with Crippen LogP contribution in [0.2, 0.25) is 5.02 Å². The van der Waals surface area contributed by atoms with Crippen molar-refractivity contribution < 1.29 is 4.79 Å². The van der Waals surface area contributed by atoms with Crippen LogP contribution in [0.5, 0.6) is 0 Å². The number of halogens is 1. The minimum absolute atomic E-state index is 0.0222. The Morgan fingerprint density at radius 2 is 1.86 bits per heavy atom. The van der Waals surface area contributed by atoms with E-state index in [0.717, 1.165) is 21.9 Å². The molecule has 1 atom stereocenters. The highest BCUT2D eigenvalue weighted by Gasteiger charge is 2.09. The predicted molar refractivity (Wildman–Crippen MR) is 95.4 cm³/mol. The molecular weight excluding hydrogens is 314 g/mol. The number of benzene rings is 2. The predicted octanol–water partition coefficient (Wildman–Crippen LogP) is 4.76. The minimum Gasteiger partial charge on any atom is -0.349 e. The lowest BCUT2D eigenvalue weighted by molar-refractivity contribution is -0.119. The first-order valence-corrected chi connectivity index (χ1v) is 8.76. The van der Waals surface area contributed by atoms with Gasteiger partial charge in [-0.15, -0.1) is 11.8 Å². The second-order valence-corrected chi connectivity index (χ2v) is 6.68. The largest absolute Gasteiger partial charge is 0.349 e. The molecule has 2 nitrogen and oxygen atoms in total. The van der Waals surface area contributed by atoms with Crippen molar-refractivity contribution in [3.05, 3.63) is 70.2 Å². The number of aryl methyl sites for hydroxylation is 1. The maximum Gasteiger partial charge on any atom is 0.230 e. The van der Waals surface area contributed by atoms with Gasteiger partial charge < -0.3 is 5.32 Å². The van der Waals surface area contributed by atoms with Crippen LogP contribution in [-0.4, -0.2) is 11.7 Å². The highest BCUT2D eigenvalue weighted by molar-refractivity contribution is 7.99. The molecule has 0 radical (unpaired) electrons. The lowest BCUT2D eigenvalue weighted by Gasteiger charge is -2.14. The Kier molecular flexibility index (Phi) is 6.34. The monoisotopic (exact) mass is 333 g/mol. The van der Waals surface area contributed by atoms with Gasteiger partial charge in [-0.05, 0) is 31.0 Å². The standard InChI is InChI=1S/C18H20ClNOS/c1-13-7-9-15(10-8-13)14(2)20-18(21)12-22-11-16-5-3-4-6-17(16)19/h3-10,14H,11-12H2,1-2H3,(H,20,21)/t14-/m1/s1. The first-order chi connectivity index (χ1) is 10.6. The lowest BCUT2D eigenvalue weighted by atomic mass is 10.1. The Morgan fingerprint density at radius 1 is 1.18 bits per heavy atom. The molecule has 0 saturated carbocycles. The van der Waals surface area contributed by atoms with Crippen molar-refractivity contribution in [2.24, 2.45) is 0 Å². The van der Waals surface area contributed by atoms with Crippen LogP contribution in [0.15, 0.2) is 48.5 Å². The number of rotatable bonds is 6. The lowest BCUT2D eigenvalue weighted by Crippen LogP contribution is -2.28. The van der Waals surface area contributed by atoms with Crippen LogP contribution in [0.1, 0.15) is 29.7 Å². The zero-order chi connectivity index (χ0) is 15.9. The van der Waals surface area contributed by atoms with Crippen molar-refractivity contribution in [1.29, 1.82) is 0 Å². The van der Waals surface area contributed by atoms with Crippen LogP contribution < -0.4 is 5.32 Å². The fraction of sp³-hybridized carbons (Fsp3) is 0.278. The third-order valence-corrected chi connectivity index (χ3v) is 4.75. The Labute approximate surface area is 141 Å². The molecule has 0 aliphatic carbocycles. The van der Waals surface area contributed by atoms with Gasteiger partial charge in [0.2, 0.25) is 5.91 Å². The van der Waals surface area contributed by atoms with Gasteiger partial charge in [0.25, 0.3) is 0 Å². The number of carbonyl (C=O) groups is 1. The SMILES string of the molecule is Cc1ccc([C@@H](C)NC(=O)CSCc2ccccc2Cl)cc1. The highest BCUT2D eigenvalue weighted by Crippen LogP contribution is 2.21. The molecule has 0 heterocycles. The Balaban J connectivity index is 1.78. The number of thioether (sulfide) groups is 1. The summed E-state index contributed by atoms with van der Waals surface area (Å²) in [4.78, 5) is 12.0. The molecule has 0 saturated heterocycles. The van der Waals surface area contributed by atoms with Gasteiger partial charge in [0, 0.05) is 10.8 Å². The highest BCUT2D eigenvalue weighted by atomic mass is 35.5. The summed E-state index contributed by atoms with van der Waals surface area (Å²) in [7, 11) is 0. The van der Waals surface area contributed by atoms with E-state index < -0.39 is 0 Å². The van der Waals surface area contributed by atoms with Crippen molar-refractivity contribution in [3.63, 3.8) is 0 Å². The zero-order valence-corrected chi connectivity index (χ0v) is 14.4. The van der Waals surface area contributed by atoms with Crippen LogP contribution in [0, 0.1) is 6.92 Å². The van der Waals surface area contributed by atoms with Crippen molar-refractivity contribution >= 4 is 29.3 Å². The molecule has 0 aromatic heterocycles. The quantitative estimate of drug-likeness (QED) is 0.825. The molecule has 22 heavy (non-hydrogen) atoms. The fourth-order valence-electron chi connectivity index (χ4n) is 2.09. The van der Waals surface area contributed by atoms with Crippen LogP contribution in [0.4, 0.5) is 0 Å². The summed E-state index contributed by atoms with van der Waals surface area (Å²) in [6.45, 7) is 4.06. The smallest absolute Gasteiger partial charge is 0.230 e. The second-order valence-electron chi connectivity index (χ2n) is 5.28. The topological polar surface area (TPSA) is 29.1 Å².